The van der Waals surface area contributed by atoms with Crippen LogP contribution >= 0.6 is 11.6 Å². The topological polar surface area (TPSA) is 70.1 Å². The number of aryl methyl sites for hydroxylation is 1. The standard InChI is InChI=1S/C24H27ClN2O4/c1-15-6-8-16(9-7-15)21-20(22(28)17-10-11-19(31-4)18(25)14-17)23(29)24(30)27(21)13-5-12-26(2)3/h6-11,14,21,28H,5,12-13H2,1-4H3/b22-20+. The monoisotopic (exact) mass is 442 g/mol. The molecule has 0 bridgehead atoms. The first-order valence-electron chi connectivity index (χ1n) is 10.1. The van der Waals surface area contributed by atoms with Gasteiger partial charge in [0.15, 0.2) is 0 Å². The smallest absolute Gasteiger partial charge is 0.295 e. The van der Waals surface area contributed by atoms with Gasteiger partial charge < -0.3 is 19.6 Å². The van der Waals surface area contributed by atoms with E-state index >= 15 is 0 Å². The lowest BCUT2D eigenvalue weighted by Gasteiger charge is -2.26. The van der Waals surface area contributed by atoms with E-state index in [-0.39, 0.29) is 11.3 Å². The SMILES string of the molecule is COc1ccc(/C(O)=C2\C(=O)C(=O)N(CCCN(C)C)C2c2ccc(C)cc2)cc1Cl. The first-order chi connectivity index (χ1) is 14.7. The van der Waals surface area contributed by atoms with Crippen LogP contribution in [0.5, 0.6) is 5.75 Å². The molecule has 0 radical (unpaired) electrons. The zero-order chi connectivity index (χ0) is 22.7. The zero-order valence-corrected chi connectivity index (χ0v) is 18.9. The van der Waals surface area contributed by atoms with Crippen LogP contribution in [-0.2, 0) is 9.59 Å². The Kier molecular flexibility index (Phi) is 7.03. The van der Waals surface area contributed by atoms with Crippen LogP contribution in [0, 0.1) is 6.92 Å². The van der Waals surface area contributed by atoms with Gasteiger partial charge in [-0.05, 0) is 57.7 Å². The van der Waals surface area contributed by atoms with Crippen molar-refractivity contribution in [2.75, 3.05) is 34.3 Å². The number of aliphatic hydroxyl groups is 1. The molecule has 0 saturated carbocycles. The zero-order valence-electron chi connectivity index (χ0n) is 18.2. The number of carbonyl (C=O) groups is 2. The number of aliphatic hydroxyl groups excluding tert-OH is 1. The van der Waals surface area contributed by atoms with Gasteiger partial charge in [-0.1, -0.05) is 41.4 Å². The third-order valence-electron chi connectivity index (χ3n) is 5.36. The predicted molar refractivity (Wildman–Crippen MR) is 121 cm³/mol. The minimum Gasteiger partial charge on any atom is -0.507 e. The average Bonchev–Trinajstić information content (AvgIpc) is 2.98. The van der Waals surface area contributed by atoms with Gasteiger partial charge in [0.05, 0.1) is 23.7 Å². The van der Waals surface area contributed by atoms with Crippen molar-refractivity contribution in [3.8, 4) is 5.75 Å². The van der Waals surface area contributed by atoms with E-state index in [2.05, 4.69) is 0 Å². The lowest BCUT2D eigenvalue weighted by Crippen LogP contribution is -2.32. The number of amides is 1. The highest BCUT2D eigenvalue weighted by Crippen LogP contribution is 2.40. The van der Waals surface area contributed by atoms with Crippen molar-refractivity contribution >= 4 is 29.1 Å². The molecule has 1 fully saturated rings. The van der Waals surface area contributed by atoms with Crippen LogP contribution < -0.4 is 4.74 Å². The van der Waals surface area contributed by atoms with Gasteiger partial charge in [-0.25, -0.2) is 0 Å². The lowest BCUT2D eigenvalue weighted by atomic mass is 9.94. The number of nitrogens with zero attached hydrogens (tertiary/aromatic N) is 2. The maximum atomic E-state index is 13.0. The molecule has 0 spiro atoms. The summed E-state index contributed by atoms with van der Waals surface area (Å²) in [5, 5.41) is 11.4. The van der Waals surface area contributed by atoms with Crippen LogP contribution in [0.4, 0.5) is 0 Å². The van der Waals surface area contributed by atoms with Crippen molar-refractivity contribution in [1.29, 1.82) is 0 Å². The molecule has 1 N–H and O–H groups in total. The van der Waals surface area contributed by atoms with Gasteiger partial charge in [0.25, 0.3) is 11.7 Å². The molecular formula is C24H27ClN2O4. The number of ether oxygens (including phenoxy) is 1. The molecule has 31 heavy (non-hydrogen) atoms. The van der Waals surface area contributed by atoms with Gasteiger partial charge in [0.1, 0.15) is 11.5 Å². The van der Waals surface area contributed by atoms with E-state index in [1.807, 2.05) is 50.2 Å². The third kappa shape index (κ3) is 4.75. The molecule has 3 rings (SSSR count). The Balaban J connectivity index is 2.10. The van der Waals surface area contributed by atoms with E-state index in [0.717, 1.165) is 17.7 Å². The number of hydrogen-bond donors (Lipinski definition) is 1. The number of benzene rings is 2. The summed E-state index contributed by atoms with van der Waals surface area (Å²) < 4.78 is 5.16. The van der Waals surface area contributed by atoms with Gasteiger partial charge in [-0.2, -0.15) is 0 Å². The summed E-state index contributed by atoms with van der Waals surface area (Å²) in [5.41, 5.74) is 2.26. The van der Waals surface area contributed by atoms with Gasteiger partial charge >= 0.3 is 0 Å². The number of carbonyl (C=O) groups excluding carboxylic acids is 2. The second kappa shape index (κ2) is 9.54. The van der Waals surface area contributed by atoms with Crippen molar-refractivity contribution in [2.45, 2.75) is 19.4 Å². The quantitative estimate of drug-likeness (QED) is 0.398. The number of rotatable bonds is 7. The van der Waals surface area contributed by atoms with Gasteiger partial charge in [-0.3, -0.25) is 9.59 Å². The van der Waals surface area contributed by atoms with E-state index < -0.39 is 17.7 Å². The fourth-order valence-corrected chi connectivity index (χ4v) is 3.99. The highest BCUT2D eigenvalue weighted by atomic mass is 35.5. The molecule has 7 heteroatoms. The van der Waals surface area contributed by atoms with Crippen LogP contribution in [0.25, 0.3) is 5.76 Å². The molecule has 1 saturated heterocycles. The first kappa shape index (κ1) is 22.8. The molecule has 0 aromatic heterocycles. The average molecular weight is 443 g/mol. The number of ketones is 1. The fourth-order valence-electron chi connectivity index (χ4n) is 3.73. The second-order valence-corrected chi connectivity index (χ2v) is 8.32. The van der Waals surface area contributed by atoms with Gasteiger partial charge in [-0.15, -0.1) is 0 Å². The molecule has 1 aliphatic rings. The molecule has 1 heterocycles. The molecule has 164 valence electrons. The van der Waals surface area contributed by atoms with Crippen LogP contribution in [0.15, 0.2) is 48.0 Å². The molecule has 0 aliphatic carbocycles. The second-order valence-electron chi connectivity index (χ2n) is 7.91. The maximum absolute atomic E-state index is 13.0. The molecule has 1 aliphatic heterocycles. The predicted octanol–water partition coefficient (Wildman–Crippen LogP) is 4.03. The number of methoxy groups -OCH3 is 1. The van der Waals surface area contributed by atoms with Crippen molar-refractivity contribution in [3.63, 3.8) is 0 Å². The Bertz CT molecular complexity index is 1010. The minimum atomic E-state index is -0.695. The number of Topliss-reactive ketones (excluding diaryl/α,β-unsaturated/α-hetero) is 1. The Labute approximate surface area is 187 Å². The fraction of sp³-hybridized carbons (Fsp3) is 0.333. The summed E-state index contributed by atoms with van der Waals surface area (Å²) in [5.74, 6) is -1.09. The molecule has 6 nitrogen and oxygen atoms in total. The molecule has 2 aromatic carbocycles. The van der Waals surface area contributed by atoms with Crippen LogP contribution in [0.3, 0.4) is 0 Å². The Hall–Kier alpha value is -2.83. The van der Waals surface area contributed by atoms with E-state index in [0.29, 0.717) is 29.3 Å². The van der Waals surface area contributed by atoms with Gasteiger partial charge in [0.2, 0.25) is 0 Å². The lowest BCUT2D eigenvalue weighted by molar-refractivity contribution is -0.139. The van der Waals surface area contributed by atoms with E-state index in [9.17, 15) is 14.7 Å². The van der Waals surface area contributed by atoms with E-state index in [1.54, 1.807) is 17.0 Å². The Morgan fingerprint density at radius 3 is 2.42 bits per heavy atom. The summed E-state index contributed by atoms with van der Waals surface area (Å²) in [4.78, 5) is 29.5. The summed E-state index contributed by atoms with van der Waals surface area (Å²) >= 11 is 6.22. The number of likely N-dealkylation sites (tertiary alicyclic amines) is 1. The van der Waals surface area contributed by atoms with Crippen molar-refractivity contribution in [3.05, 3.63) is 69.8 Å². The molecule has 2 aromatic rings. The summed E-state index contributed by atoms with van der Waals surface area (Å²) in [7, 11) is 5.41. The largest absolute Gasteiger partial charge is 0.507 e. The number of halogens is 1. The summed E-state index contributed by atoms with van der Waals surface area (Å²) in [6.07, 6.45) is 0.705. The van der Waals surface area contributed by atoms with Crippen LogP contribution in [0.2, 0.25) is 5.02 Å². The Morgan fingerprint density at radius 2 is 1.84 bits per heavy atom. The van der Waals surface area contributed by atoms with Gasteiger partial charge in [0, 0.05) is 12.1 Å². The molecular weight excluding hydrogens is 416 g/mol. The first-order valence-corrected chi connectivity index (χ1v) is 10.5. The van der Waals surface area contributed by atoms with Crippen molar-refractivity contribution in [1.82, 2.24) is 9.80 Å². The van der Waals surface area contributed by atoms with Crippen LogP contribution in [0.1, 0.15) is 29.2 Å². The summed E-state index contributed by atoms with van der Waals surface area (Å²) in [6, 6.07) is 11.7. The maximum Gasteiger partial charge on any atom is 0.295 e. The molecule has 1 unspecified atom stereocenters. The minimum absolute atomic E-state index is 0.0694. The highest BCUT2D eigenvalue weighted by molar-refractivity contribution is 6.46. The Morgan fingerprint density at radius 1 is 1.16 bits per heavy atom. The highest BCUT2D eigenvalue weighted by Gasteiger charge is 2.45. The van der Waals surface area contributed by atoms with Crippen molar-refractivity contribution in [2.24, 2.45) is 0 Å². The van der Waals surface area contributed by atoms with Crippen LogP contribution in [-0.4, -0.2) is 60.9 Å². The third-order valence-corrected chi connectivity index (χ3v) is 5.66. The summed E-state index contributed by atoms with van der Waals surface area (Å²) in [6.45, 7) is 3.15. The molecule has 1 atom stereocenters. The number of hydrogen-bond acceptors (Lipinski definition) is 5. The normalized spacial score (nSPS) is 18.1. The van der Waals surface area contributed by atoms with E-state index in [1.165, 1.54) is 13.2 Å². The molecule has 1 amide bonds. The van der Waals surface area contributed by atoms with E-state index in [4.69, 9.17) is 16.3 Å². The van der Waals surface area contributed by atoms with Crippen molar-refractivity contribution < 1.29 is 19.4 Å².